The van der Waals surface area contributed by atoms with Crippen molar-refractivity contribution in [3.8, 4) is 0 Å². The molecule has 0 aromatic rings. The Morgan fingerprint density at radius 1 is 1.43 bits per heavy atom. The number of hydrogen-bond acceptors (Lipinski definition) is 3. The Morgan fingerprint density at radius 2 is 2.21 bits per heavy atom. The normalized spacial score (nSPS) is 43.7. The van der Waals surface area contributed by atoms with Gasteiger partial charge in [0, 0.05) is 19.9 Å². The molecule has 0 N–H and O–H groups in total. The topological polar surface area (TPSA) is 38.8 Å². The van der Waals surface area contributed by atoms with Gasteiger partial charge in [0.2, 0.25) is 5.79 Å². The molecule has 4 nitrogen and oxygen atoms in total. The SMILES string of the molecule is CC1(C)OC(=O)N2C3CCC2C(C3)O1. The van der Waals surface area contributed by atoms with E-state index in [2.05, 4.69) is 0 Å². The predicted octanol–water partition coefficient (Wildman–Crippen LogP) is 1.49. The maximum Gasteiger partial charge on any atom is 0.412 e. The number of ether oxygens (including phenoxy) is 2. The summed E-state index contributed by atoms with van der Waals surface area (Å²) in [7, 11) is 0. The van der Waals surface area contributed by atoms with Gasteiger partial charge in [-0.3, -0.25) is 4.90 Å². The van der Waals surface area contributed by atoms with Gasteiger partial charge in [-0.25, -0.2) is 4.79 Å². The third-order valence-electron chi connectivity index (χ3n) is 3.46. The molecule has 3 aliphatic heterocycles. The van der Waals surface area contributed by atoms with Gasteiger partial charge in [-0.15, -0.1) is 0 Å². The minimum Gasteiger partial charge on any atom is -0.417 e. The molecule has 0 saturated carbocycles. The minimum atomic E-state index is -0.753. The highest BCUT2D eigenvalue weighted by Gasteiger charge is 2.54. The summed E-state index contributed by atoms with van der Waals surface area (Å²) in [4.78, 5) is 13.7. The highest BCUT2D eigenvalue weighted by molar-refractivity contribution is 5.70. The smallest absolute Gasteiger partial charge is 0.412 e. The van der Waals surface area contributed by atoms with Crippen molar-refractivity contribution in [3.05, 3.63) is 0 Å². The first-order chi connectivity index (χ1) is 6.57. The molecule has 3 heterocycles. The molecule has 0 aromatic carbocycles. The number of amides is 1. The highest BCUT2D eigenvalue weighted by Crippen LogP contribution is 2.43. The Morgan fingerprint density at radius 3 is 3.00 bits per heavy atom. The van der Waals surface area contributed by atoms with Crippen molar-refractivity contribution < 1.29 is 14.3 Å². The molecule has 14 heavy (non-hydrogen) atoms. The van der Waals surface area contributed by atoms with Crippen LogP contribution in [0.2, 0.25) is 0 Å². The lowest BCUT2D eigenvalue weighted by Crippen LogP contribution is -2.39. The quantitative estimate of drug-likeness (QED) is 0.590. The molecule has 1 amide bonds. The van der Waals surface area contributed by atoms with Gasteiger partial charge in [-0.05, 0) is 19.3 Å². The molecule has 4 bridgehead atoms. The fourth-order valence-corrected chi connectivity index (χ4v) is 3.00. The van der Waals surface area contributed by atoms with Crippen LogP contribution in [0.3, 0.4) is 0 Å². The summed E-state index contributed by atoms with van der Waals surface area (Å²) in [5.74, 6) is -0.753. The van der Waals surface area contributed by atoms with E-state index in [9.17, 15) is 4.79 Å². The average Bonchev–Trinajstić information content (AvgIpc) is 2.54. The van der Waals surface area contributed by atoms with Crippen molar-refractivity contribution in [2.45, 2.75) is 57.1 Å². The number of cyclic esters (lactones) is 1. The largest absolute Gasteiger partial charge is 0.417 e. The zero-order valence-electron chi connectivity index (χ0n) is 8.53. The van der Waals surface area contributed by atoms with Crippen LogP contribution in [-0.4, -0.2) is 35.0 Å². The van der Waals surface area contributed by atoms with Crippen molar-refractivity contribution >= 4 is 6.09 Å². The lowest BCUT2D eigenvalue weighted by molar-refractivity contribution is -0.201. The standard InChI is InChI=1S/C10H15NO3/c1-10(2)13-8-5-6-3-4-7(8)11(6)9(12)14-10/h6-8H,3-5H2,1-2H3. The fraction of sp³-hybridized carbons (Fsp3) is 0.900. The Hall–Kier alpha value is -0.770. The zero-order chi connectivity index (χ0) is 9.92. The van der Waals surface area contributed by atoms with E-state index in [4.69, 9.17) is 9.47 Å². The number of nitrogens with zero attached hydrogens (tertiary/aromatic N) is 1. The Balaban J connectivity index is 1.95. The van der Waals surface area contributed by atoms with Gasteiger partial charge in [0.1, 0.15) is 0 Å². The first-order valence-electron chi connectivity index (χ1n) is 5.26. The monoisotopic (exact) mass is 197 g/mol. The summed E-state index contributed by atoms with van der Waals surface area (Å²) in [5, 5.41) is 0. The summed E-state index contributed by atoms with van der Waals surface area (Å²) in [5.41, 5.74) is 0. The van der Waals surface area contributed by atoms with Gasteiger partial charge < -0.3 is 9.47 Å². The van der Waals surface area contributed by atoms with E-state index in [0.29, 0.717) is 6.04 Å². The van der Waals surface area contributed by atoms with Crippen molar-refractivity contribution in [2.24, 2.45) is 0 Å². The van der Waals surface area contributed by atoms with Gasteiger partial charge >= 0.3 is 6.09 Å². The molecule has 3 aliphatic rings. The molecule has 3 fully saturated rings. The van der Waals surface area contributed by atoms with Gasteiger partial charge in [0.05, 0.1) is 12.1 Å². The van der Waals surface area contributed by atoms with Crippen LogP contribution in [0.1, 0.15) is 33.1 Å². The molecule has 3 atom stereocenters. The molecule has 4 heteroatoms. The van der Waals surface area contributed by atoms with Crippen LogP contribution in [-0.2, 0) is 9.47 Å². The molecule has 0 spiro atoms. The predicted molar refractivity (Wildman–Crippen MR) is 48.7 cm³/mol. The maximum absolute atomic E-state index is 11.8. The molecule has 3 saturated heterocycles. The van der Waals surface area contributed by atoms with Gasteiger partial charge in [-0.2, -0.15) is 0 Å². The summed E-state index contributed by atoms with van der Waals surface area (Å²) in [6, 6.07) is 0.642. The van der Waals surface area contributed by atoms with Crippen LogP contribution >= 0.6 is 0 Å². The van der Waals surface area contributed by atoms with E-state index in [-0.39, 0.29) is 18.2 Å². The summed E-state index contributed by atoms with van der Waals surface area (Å²) in [6.45, 7) is 3.61. The second kappa shape index (κ2) is 2.42. The number of carbonyl (C=O) groups excluding carboxylic acids is 1. The lowest BCUT2D eigenvalue weighted by atomic mass is 9.97. The second-order valence-electron chi connectivity index (χ2n) is 4.87. The number of carbonyl (C=O) groups is 1. The molecule has 3 rings (SSSR count). The summed E-state index contributed by atoms with van der Waals surface area (Å²) < 4.78 is 11.1. The van der Waals surface area contributed by atoms with Crippen LogP contribution in [0, 0.1) is 0 Å². The van der Waals surface area contributed by atoms with Crippen LogP contribution in [0.25, 0.3) is 0 Å². The van der Waals surface area contributed by atoms with Crippen LogP contribution in [0.15, 0.2) is 0 Å². The van der Waals surface area contributed by atoms with E-state index >= 15 is 0 Å². The third-order valence-corrected chi connectivity index (χ3v) is 3.46. The van der Waals surface area contributed by atoms with E-state index in [1.54, 1.807) is 13.8 Å². The second-order valence-corrected chi connectivity index (χ2v) is 4.87. The fourth-order valence-electron chi connectivity index (χ4n) is 3.00. The van der Waals surface area contributed by atoms with E-state index in [1.165, 1.54) is 0 Å². The first kappa shape index (κ1) is 8.53. The Bertz CT molecular complexity index is 289. The van der Waals surface area contributed by atoms with E-state index in [1.807, 2.05) is 4.90 Å². The lowest BCUT2D eigenvalue weighted by Gasteiger charge is -2.30. The van der Waals surface area contributed by atoms with Crippen LogP contribution in [0.4, 0.5) is 4.79 Å². The average molecular weight is 197 g/mol. The highest BCUT2D eigenvalue weighted by atomic mass is 16.7. The van der Waals surface area contributed by atoms with E-state index in [0.717, 1.165) is 19.3 Å². The Labute approximate surface area is 83.2 Å². The molecular formula is C10H15NO3. The number of rotatable bonds is 0. The zero-order valence-corrected chi connectivity index (χ0v) is 8.53. The first-order valence-corrected chi connectivity index (χ1v) is 5.26. The summed E-state index contributed by atoms with van der Waals surface area (Å²) >= 11 is 0. The maximum atomic E-state index is 11.8. The van der Waals surface area contributed by atoms with Gasteiger partial charge in [-0.1, -0.05) is 0 Å². The van der Waals surface area contributed by atoms with Gasteiger partial charge in [0.15, 0.2) is 0 Å². The number of hydrogen-bond donors (Lipinski definition) is 0. The van der Waals surface area contributed by atoms with Crippen molar-refractivity contribution in [2.75, 3.05) is 0 Å². The third kappa shape index (κ3) is 1.00. The van der Waals surface area contributed by atoms with Crippen LogP contribution in [0.5, 0.6) is 0 Å². The van der Waals surface area contributed by atoms with Crippen molar-refractivity contribution in [1.82, 2.24) is 4.90 Å². The van der Waals surface area contributed by atoms with Crippen molar-refractivity contribution in [3.63, 3.8) is 0 Å². The molecule has 78 valence electrons. The molecule has 0 aromatic heterocycles. The summed E-state index contributed by atoms with van der Waals surface area (Å²) in [6.07, 6.45) is 3.17. The molecule has 3 unspecified atom stereocenters. The molecular weight excluding hydrogens is 182 g/mol. The van der Waals surface area contributed by atoms with E-state index < -0.39 is 5.79 Å². The molecule has 0 radical (unpaired) electrons. The Kier molecular flexibility index (Phi) is 1.48. The van der Waals surface area contributed by atoms with Crippen molar-refractivity contribution in [1.29, 1.82) is 0 Å². The van der Waals surface area contributed by atoms with Crippen LogP contribution < -0.4 is 0 Å². The molecule has 0 aliphatic carbocycles. The minimum absolute atomic E-state index is 0.190. The van der Waals surface area contributed by atoms with Gasteiger partial charge in [0.25, 0.3) is 0 Å².